The van der Waals surface area contributed by atoms with E-state index in [1.165, 1.54) is 12.1 Å². The molecule has 0 aliphatic heterocycles. The van der Waals surface area contributed by atoms with Crippen LogP contribution < -0.4 is 5.32 Å². The standard InChI is InChI=1S/C17H17F4N5/c1-9(2)14(11-4-6-12(18)7-5-11)23-13-8-10(3)22-16-24-15(17(19,20)21)25-26(13)16/h4-9,14,23H,1-3H3/t14-/m0/s1. The maximum atomic E-state index is 13.2. The van der Waals surface area contributed by atoms with Crippen molar-refractivity contribution in [3.05, 3.63) is 53.2 Å². The molecule has 0 unspecified atom stereocenters. The van der Waals surface area contributed by atoms with Gasteiger partial charge in [-0.3, -0.25) is 0 Å². The second-order valence-electron chi connectivity index (χ2n) is 6.35. The Morgan fingerprint density at radius 1 is 1.08 bits per heavy atom. The van der Waals surface area contributed by atoms with Gasteiger partial charge in [-0.2, -0.15) is 22.7 Å². The third kappa shape index (κ3) is 3.61. The molecule has 1 N–H and O–H groups in total. The van der Waals surface area contributed by atoms with Crippen LogP contribution in [0.2, 0.25) is 0 Å². The fraction of sp³-hybridized carbons (Fsp3) is 0.353. The fourth-order valence-corrected chi connectivity index (χ4v) is 2.67. The SMILES string of the molecule is Cc1cc(N[C@H](c2ccc(F)cc2)C(C)C)n2nc(C(F)(F)F)nc2n1. The van der Waals surface area contributed by atoms with Gasteiger partial charge in [0.25, 0.3) is 11.6 Å². The maximum absolute atomic E-state index is 13.2. The maximum Gasteiger partial charge on any atom is 0.453 e. The van der Waals surface area contributed by atoms with Gasteiger partial charge in [0.15, 0.2) is 0 Å². The van der Waals surface area contributed by atoms with Crippen LogP contribution in [0.25, 0.3) is 5.78 Å². The molecule has 3 rings (SSSR count). The van der Waals surface area contributed by atoms with Crippen molar-refractivity contribution in [2.75, 3.05) is 5.32 Å². The summed E-state index contributed by atoms with van der Waals surface area (Å²) >= 11 is 0. The normalized spacial score (nSPS) is 13.4. The molecule has 138 valence electrons. The summed E-state index contributed by atoms with van der Waals surface area (Å²) in [5, 5.41) is 6.73. The van der Waals surface area contributed by atoms with E-state index in [1.807, 2.05) is 13.8 Å². The number of aromatic nitrogens is 4. The molecule has 1 atom stereocenters. The van der Waals surface area contributed by atoms with Gasteiger partial charge in [-0.05, 0) is 30.5 Å². The Morgan fingerprint density at radius 2 is 1.73 bits per heavy atom. The van der Waals surface area contributed by atoms with Gasteiger partial charge in [0.05, 0.1) is 6.04 Å². The van der Waals surface area contributed by atoms with E-state index in [9.17, 15) is 17.6 Å². The van der Waals surface area contributed by atoms with E-state index in [-0.39, 0.29) is 23.6 Å². The number of nitrogens with one attached hydrogen (secondary N) is 1. The molecule has 0 saturated heterocycles. The van der Waals surface area contributed by atoms with Gasteiger partial charge in [0, 0.05) is 11.8 Å². The lowest BCUT2D eigenvalue weighted by atomic mass is 9.96. The van der Waals surface area contributed by atoms with E-state index in [1.54, 1.807) is 25.1 Å². The van der Waals surface area contributed by atoms with E-state index in [0.717, 1.165) is 10.1 Å². The highest BCUT2D eigenvalue weighted by atomic mass is 19.4. The Bertz CT molecular complexity index is 915. The van der Waals surface area contributed by atoms with Crippen molar-refractivity contribution in [1.29, 1.82) is 0 Å². The van der Waals surface area contributed by atoms with Crippen molar-refractivity contribution in [2.24, 2.45) is 5.92 Å². The van der Waals surface area contributed by atoms with Gasteiger partial charge in [0.1, 0.15) is 11.6 Å². The number of aryl methyl sites for hydroxylation is 1. The minimum absolute atomic E-state index is 0.0783. The first-order valence-corrected chi connectivity index (χ1v) is 7.99. The lowest BCUT2D eigenvalue weighted by Gasteiger charge is -2.24. The van der Waals surface area contributed by atoms with Gasteiger partial charge >= 0.3 is 6.18 Å². The molecule has 9 heteroatoms. The summed E-state index contributed by atoms with van der Waals surface area (Å²) in [5.74, 6) is -1.33. The number of alkyl halides is 3. The topological polar surface area (TPSA) is 55.1 Å². The number of fused-ring (bicyclic) bond motifs is 1. The quantitative estimate of drug-likeness (QED) is 0.695. The minimum Gasteiger partial charge on any atom is -0.363 e. The monoisotopic (exact) mass is 367 g/mol. The van der Waals surface area contributed by atoms with E-state index < -0.39 is 12.0 Å². The average molecular weight is 367 g/mol. The Hall–Kier alpha value is -2.71. The second kappa shape index (κ2) is 6.54. The molecule has 0 amide bonds. The Balaban J connectivity index is 2.05. The number of halogens is 4. The average Bonchev–Trinajstić information content (AvgIpc) is 2.97. The molecule has 2 aromatic heterocycles. The summed E-state index contributed by atoms with van der Waals surface area (Å²) in [6.45, 7) is 5.57. The molecule has 5 nitrogen and oxygen atoms in total. The van der Waals surface area contributed by atoms with Crippen LogP contribution in [0, 0.1) is 18.7 Å². The minimum atomic E-state index is -4.66. The molecule has 0 radical (unpaired) electrons. The largest absolute Gasteiger partial charge is 0.453 e. The third-order valence-electron chi connectivity index (χ3n) is 3.89. The molecule has 0 aliphatic carbocycles. The molecule has 0 spiro atoms. The predicted molar refractivity (Wildman–Crippen MR) is 88.1 cm³/mol. The van der Waals surface area contributed by atoms with Crippen molar-refractivity contribution in [3.8, 4) is 0 Å². The molecular weight excluding hydrogens is 350 g/mol. The summed E-state index contributed by atoms with van der Waals surface area (Å²) < 4.78 is 53.0. The summed E-state index contributed by atoms with van der Waals surface area (Å²) in [6, 6.07) is 7.30. The first kappa shape index (κ1) is 18.1. The van der Waals surface area contributed by atoms with E-state index >= 15 is 0 Å². The summed E-state index contributed by atoms with van der Waals surface area (Å²) in [6.07, 6.45) is -4.66. The van der Waals surface area contributed by atoms with Crippen LogP contribution in [0.5, 0.6) is 0 Å². The number of rotatable bonds is 4. The van der Waals surface area contributed by atoms with Crippen molar-refractivity contribution in [3.63, 3.8) is 0 Å². The third-order valence-corrected chi connectivity index (χ3v) is 3.89. The Labute approximate surface area is 147 Å². The van der Waals surface area contributed by atoms with Gasteiger partial charge in [-0.25, -0.2) is 9.37 Å². The van der Waals surface area contributed by atoms with Gasteiger partial charge in [-0.1, -0.05) is 26.0 Å². The van der Waals surface area contributed by atoms with E-state index in [2.05, 4.69) is 20.4 Å². The van der Waals surface area contributed by atoms with E-state index in [0.29, 0.717) is 11.5 Å². The molecular formula is C17H17F4N5. The zero-order valence-electron chi connectivity index (χ0n) is 14.3. The highest BCUT2D eigenvalue weighted by Gasteiger charge is 2.37. The molecule has 2 heterocycles. The van der Waals surface area contributed by atoms with Crippen LogP contribution in [0.15, 0.2) is 30.3 Å². The molecule has 0 aliphatic rings. The number of nitrogens with zero attached hydrogens (tertiary/aromatic N) is 4. The molecule has 1 aromatic carbocycles. The highest BCUT2D eigenvalue weighted by molar-refractivity contribution is 5.47. The van der Waals surface area contributed by atoms with Crippen molar-refractivity contribution in [2.45, 2.75) is 33.0 Å². The summed E-state index contributed by atoms with van der Waals surface area (Å²) in [7, 11) is 0. The van der Waals surface area contributed by atoms with Crippen molar-refractivity contribution in [1.82, 2.24) is 19.6 Å². The van der Waals surface area contributed by atoms with Crippen LogP contribution in [0.1, 0.15) is 37.0 Å². The zero-order valence-corrected chi connectivity index (χ0v) is 14.3. The lowest BCUT2D eigenvalue weighted by molar-refractivity contribution is -0.144. The van der Waals surface area contributed by atoms with Crippen LogP contribution in [0.3, 0.4) is 0 Å². The van der Waals surface area contributed by atoms with Crippen LogP contribution in [-0.2, 0) is 6.18 Å². The second-order valence-corrected chi connectivity index (χ2v) is 6.35. The van der Waals surface area contributed by atoms with Gasteiger partial charge < -0.3 is 5.32 Å². The smallest absolute Gasteiger partial charge is 0.363 e. The molecule has 0 fully saturated rings. The summed E-state index contributed by atoms with van der Waals surface area (Å²) in [4.78, 5) is 7.47. The van der Waals surface area contributed by atoms with Crippen LogP contribution in [-0.4, -0.2) is 19.6 Å². The first-order valence-electron chi connectivity index (χ1n) is 7.99. The molecule has 26 heavy (non-hydrogen) atoms. The summed E-state index contributed by atoms with van der Waals surface area (Å²) in [5.41, 5.74) is 1.31. The lowest BCUT2D eigenvalue weighted by Crippen LogP contribution is -2.19. The molecule has 3 aromatic rings. The fourth-order valence-electron chi connectivity index (χ4n) is 2.67. The van der Waals surface area contributed by atoms with Gasteiger partial charge in [-0.15, -0.1) is 5.10 Å². The molecule has 0 bridgehead atoms. The number of hydrogen-bond donors (Lipinski definition) is 1. The van der Waals surface area contributed by atoms with Gasteiger partial charge in [0.2, 0.25) is 0 Å². The predicted octanol–water partition coefficient (Wildman–Crippen LogP) is 4.40. The zero-order chi connectivity index (χ0) is 19.1. The Kier molecular flexibility index (Phi) is 4.55. The first-order chi connectivity index (χ1) is 12.1. The number of anilines is 1. The van der Waals surface area contributed by atoms with Crippen LogP contribution >= 0.6 is 0 Å². The van der Waals surface area contributed by atoms with Crippen molar-refractivity contribution >= 4 is 11.6 Å². The number of hydrogen-bond acceptors (Lipinski definition) is 4. The molecule has 0 saturated carbocycles. The highest BCUT2D eigenvalue weighted by Crippen LogP contribution is 2.29. The van der Waals surface area contributed by atoms with Crippen molar-refractivity contribution < 1.29 is 17.6 Å². The Morgan fingerprint density at radius 3 is 2.31 bits per heavy atom. The number of benzene rings is 1. The van der Waals surface area contributed by atoms with Crippen LogP contribution in [0.4, 0.5) is 23.4 Å². The van der Waals surface area contributed by atoms with E-state index in [4.69, 9.17) is 0 Å².